The second-order valence-electron chi connectivity index (χ2n) is 4.21. The van der Waals surface area contributed by atoms with Crippen LogP contribution in [-0.2, 0) is 9.59 Å². The fourth-order valence-electron chi connectivity index (χ4n) is 1.44. The number of rotatable bonds is 6. The van der Waals surface area contributed by atoms with E-state index in [2.05, 4.69) is 5.32 Å². The monoisotopic (exact) mass is 216 g/mol. The highest BCUT2D eigenvalue weighted by Gasteiger charge is 2.41. The van der Waals surface area contributed by atoms with Crippen molar-refractivity contribution in [1.29, 1.82) is 0 Å². The molecule has 0 fully saturated rings. The van der Waals surface area contributed by atoms with Crippen LogP contribution in [0.15, 0.2) is 0 Å². The van der Waals surface area contributed by atoms with Crippen molar-refractivity contribution in [3.8, 4) is 0 Å². The number of nitrogens with one attached hydrogen (secondary N) is 1. The van der Waals surface area contributed by atoms with Gasteiger partial charge in [-0.25, -0.2) is 0 Å². The van der Waals surface area contributed by atoms with Crippen molar-refractivity contribution in [3.05, 3.63) is 0 Å². The summed E-state index contributed by atoms with van der Waals surface area (Å²) in [4.78, 5) is 22.3. The van der Waals surface area contributed by atoms with Gasteiger partial charge in [-0.2, -0.15) is 0 Å². The van der Waals surface area contributed by atoms with Crippen LogP contribution >= 0.6 is 0 Å². The molecule has 0 aliphatic rings. The average Bonchev–Trinajstić information content (AvgIpc) is 2.13. The smallest absolute Gasteiger partial charge is 0.323 e. The molecule has 0 rings (SSSR count). The first-order valence-corrected chi connectivity index (χ1v) is 5.04. The van der Waals surface area contributed by atoms with E-state index in [1.807, 2.05) is 0 Å². The standard InChI is InChI=1S/C10H20N2O3/c1-5-10(6-2,8(14)15)12-9(3,4)7(11)13/h12H,5-6H2,1-4H3,(H2,11,13)(H,14,15). The highest BCUT2D eigenvalue weighted by molar-refractivity contribution is 5.86. The molecule has 0 aromatic carbocycles. The van der Waals surface area contributed by atoms with Crippen molar-refractivity contribution < 1.29 is 14.7 Å². The van der Waals surface area contributed by atoms with Gasteiger partial charge in [0.2, 0.25) is 5.91 Å². The predicted octanol–water partition coefficient (Wildman–Crippen LogP) is 0.483. The average molecular weight is 216 g/mol. The normalized spacial score (nSPS) is 12.5. The lowest BCUT2D eigenvalue weighted by atomic mass is 9.88. The van der Waals surface area contributed by atoms with Crippen LogP contribution in [0.3, 0.4) is 0 Å². The van der Waals surface area contributed by atoms with Gasteiger partial charge in [0.15, 0.2) is 0 Å². The van der Waals surface area contributed by atoms with Crippen molar-refractivity contribution >= 4 is 11.9 Å². The van der Waals surface area contributed by atoms with E-state index < -0.39 is 23.0 Å². The summed E-state index contributed by atoms with van der Waals surface area (Å²) in [5, 5.41) is 12.0. The summed E-state index contributed by atoms with van der Waals surface area (Å²) in [5.41, 5.74) is 3.08. The number of hydrogen-bond donors (Lipinski definition) is 3. The second kappa shape index (κ2) is 4.61. The fraction of sp³-hybridized carbons (Fsp3) is 0.800. The minimum absolute atomic E-state index is 0.398. The van der Waals surface area contributed by atoms with Crippen LogP contribution in [0, 0.1) is 0 Å². The van der Waals surface area contributed by atoms with E-state index in [-0.39, 0.29) is 0 Å². The summed E-state index contributed by atoms with van der Waals surface area (Å²) in [6, 6.07) is 0. The van der Waals surface area contributed by atoms with Gasteiger partial charge < -0.3 is 10.8 Å². The van der Waals surface area contributed by atoms with Crippen molar-refractivity contribution in [2.75, 3.05) is 0 Å². The molecule has 5 nitrogen and oxygen atoms in total. The molecule has 0 saturated heterocycles. The number of primary amides is 1. The Morgan fingerprint density at radius 3 is 1.87 bits per heavy atom. The van der Waals surface area contributed by atoms with E-state index in [1.54, 1.807) is 27.7 Å². The third kappa shape index (κ3) is 2.92. The number of amides is 1. The van der Waals surface area contributed by atoms with Gasteiger partial charge in [0.1, 0.15) is 5.54 Å². The van der Waals surface area contributed by atoms with Crippen LogP contribution in [0.2, 0.25) is 0 Å². The molecule has 0 atom stereocenters. The van der Waals surface area contributed by atoms with Crippen molar-refractivity contribution in [2.24, 2.45) is 5.73 Å². The summed E-state index contributed by atoms with van der Waals surface area (Å²) >= 11 is 0. The van der Waals surface area contributed by atoms with Crippen LogP contribution in [0.4, 0.5) is 0 Å². The molecule has 0 saturated carbocycles. The fourth-order valence-corrected chi connectivity index (χ4v) is 1.44. The third-order valence-corrected chi connectivity index (χ3v) is 2.78. The number of nitrogens with two attached hydrogens (primary N) is 1. The lowest BCUT2D eigenvalue weighted by Crippen LogP contribution is -2.63. The van der Waals surface area contributed by atoms with E-state index in [9.17, 15) is 9.59 Å². The molecule has 0 heterocycles. The quantitative estimate of drug-likeness (QED) is 0.602. The van der Waals surface area contributed by atoms with Gasteiger partial charge in [0.05, 0.1) is 5.54 Å². The zero-order valence-corrected chi connectivity index (χ0v) is 9.76. The predicted molar refractivity (Wildman–Crippen MR) is 57.4 cm³/mol. The molecule has 0 aromatic heterocycles. The highest BCUT2D eigenvalue weighted by atomic mass is 16.4. The van der Waals surface area contributed by atoms with E-state index in [1.165, 1.54) is 0 Å². The SMILES string of the molecule is CCC(CC)(NC(C)(C)C(N)=O)C(=O)O. The molecule has 0 unspecified atom stereocenters. The zero-order chi connectivity index (χ0) is 12.3. The van der Waals surface area contributed by atoms with Crippen LogP contribution in [0.5, 0.6) is 0 Å². The molecule has 4 N–H and O–H groups in total. The molecule has 5 heteroatoms. The summed E-state index contributed by atoms with van der Waals surface area (Å²) in [5.74, 6) is -1.52. The summed E-state index contributed by atoms with van der Waals surface area (Å²) in [7, 11) is 0. The topological polar surface area (TPSA) is 92.4 Å². The Morgan fingerprint density at radius 2 is 1.67 bits per heavy atom. The molecular weight excluding hydrogens is 196 g/mol. The number of carboxylic acids is 1. The van der Waals surface area contributed by atoms with Gasteiger partial charge in [-0.3, -0.25) is 14.9 Å². The highest BCUT2D eigenvalue weighted by Crippen LogP contribution is 2.19. The summed E-state index contributed by atoms with van der Waals surface area (Å²) < 4.78 is 0. The molecule has 15 heavy (non-hydrogen) atoms. The zero-order valence-electron chi connectivity index (χ0n) is 9.76. The maximum Gasteiger partial charge on any atom is 0.323 e. The van der Waals surface area contributed by atoms with Gasteiger partial charge in [-0.1, -0.05) is 13.8 Å². The number of carbonyl (C=O) groups is 2. The molecule has 0 aliphatic carbocycles. The van der Waals surface area contributed by atoms with Crippen molar-refractivity contribution in [2.45, 2.75) is 51.6 Å². The van der Waals surface area contributed by atoms with E-state index in [0.717, 1.165) is 0 Å². The Bertz CT molecular complexity index is 257. The van der Waals surface area contributed by atoms with E-state index >= 15 is 0 Å². The Hall–Kier alpha value is -1.10. The molecule has 0 spiro atoms. The van der Waals surface area contributed by atoms with Gasteiger partial charge in [0.25, 0.3) is 0 Å². The lowest BCUT2D eigenvalue weighted by molar-refractivity contribution is -0.146. The van der Waals surface area contributed by atoms with Crippen LogP contribution in [0.25, 0.3) is 0 Å². The maximum absolute atomic E-state index is 11.2. The number of aliphatic carboxylic acids is 1. The first kappa shape index (κ1) is 13.9. The molecule has 0 radical (unpaired) electrons. The lowest BCUT2D eigenvalue weighted by Gasteiger charge is -2.36. The van der Waals surface area contributed by atoms with Gasteiger partial charge >= 0.3 is 5.97 Å². The molecule has 0 aliphatic heterocycles. The number of carbonyl (C=O) groups excluding carboxylic acids is 1. The first-order valence-electron chi connectivity index (χ1n) is 5.04. The van der Waals surface area contributed by atoms with E-state index in [0.29, 0.717) is 12.8 Å². The molecule has 0 aromatic rings. The molecule has 0 bridgehead atoms. The number of carboxylic acid groups (broad SMARTS) is 1. The Balaban J connectivity index is 4.99. The van der Waals surface area contributed by atoms with E-state index in [4.69, 9.17) is 10.8 Å². The molecular formula is C10H20N2O3. The summed E-state index contributed by atoms with van der Waals surface area (Å²) in [6.45, 7) is 6.69. The second-order valence-corrected chi connectivity index (χ2v) is 4.21. The van der Waals surface area contributed by atoms with Gasteiger partial charge in [-0.05, 0) is 26.7 Å². The largest absolute Gasteiger partial charge is 0.480 e. The Kier molecular flexibility index (Phi) is 4.27. The summed E-state index contributed by atoms with van der Waals surface area (Å²) in [6.07, 6.45) is 0.797. The van der Waals surface area contributed by atoms with Crippen molar-refractivity contribution in [1.82, 2.24) is 5.32 Å². The Labute approximate surface area is 90.0 Å². The van der Waals surface area contributed by atoms with Crippen LogP contribution in [-0.4, -0.2) is 28.1 Å². The van der Waals surface area contributed by atoms with Crippen LogP contribution in [0.1, 0.15) is 40.5 Å². The first-order chi connectivity index (χ1) is 6.72. The Morgan fingerprint density at radius 1 is 1.27 bits per heavy atom. The number of hydrogen-bond acceptors (Lipinski definition) is 3. The maximum atomic E-state index is 11.2. The minimum Gasteiger partial charge on any atom is -0.480 e. The molecule has 88 valence electrons. The van der Waals surface area contributed by atoms with Gasteiger partial charge in [0, 0.05) is 0 Å². The molecule has 1 amide bonds. The van der Waals surface area contributed by atoms with Gasteiger partial charge in [-0.15, -0.1) is 0 Å². The van der Waals surface area contributed by atoms with Crippen LogP contribution < -0.4 is 11.1 Å². The minimum atomic E-state index is -1.08. The third-order valence-electron chi connectivity index (χ3n) is 2.78. The van der Waals surface area contributed by atoms with Crippen molar-refractivity contribution in [3.63, 3.8) is 0 Å².